The van der Waals surface area contributed by atoms with Crippen LogP contribution in [-0.2, 0) is 6.54 Å². The van der Waals surface area contributed by atoms with Gasteiger partial charge in [0.2, 0.25) is 0 Å². The molecule has 7 heteroatoms. The average Bonchev–Trinajstić information content (AvgIpc) is 3.23. The third-order valence-electron chi connectivity index (χ3n) is 3.81. The second kappa shape index (κ2) is 6.09. The van der Waals surface area contributed by atoms with Gasteiger partial charge in [-0.2, -0.15) is 8.75 Å². The molecule has 4 aromatic rings. The van der Waals surface area contributed by atoms with Gasteiger partial charge in [-0.1, -0.05) is 19.9 Å². The highest BCUT2D eigenvalue weighted by molar-refractivity contribution is 7.00. The molecule has 0 spiro atoms. The summed E-state index contributed by atoms with van der Waals surface area (Å²) >= 11 is 1.24. The van der Waals surface area contributed by atoms with Crippen LogP contribution in [-0.4, -0.2) is 28.3 Å². The quantitative estimate of drug-likeness (QED) is 0.570. The van der Waals surface area contributed by atoms with E-state index in [1.807, 2.05) is 18.3 Å². The Bertz CT molecular complexity index is 987. The third kappa shape index (κ3) is 2.78. The van der Waals surface area contributed by atoms with Crippen molar-refractivity contribution in [2.75, 3.05) is 0 Å². The van der Waals surface area contributed by atoms with Gasteiger partial charge in [0.15, 0.2) is 5.82 Å². The normalized spacial score (nSPS) is 11.5. The topological polar surface area (TPSA) is 69.4 Å². The van der Waals surface area contributed by atoms with Crippen LogP contribution in [0.25, 0.3) is 22.6 Å². The zero-order valence-corrected chi connectivity index (χ0v) is 14.2. The van der Waals surface area contributed by atoms with Gasteiger partial charge in [0.1, 0.15) is 22.6 Å². The van der Waals surface area contributed by atoms with Gasteiger partial charge in [-0.25, -0.2) is 15.0 Å². The van der Waals surface area contributed by atoms with Gasteiger partial charge in [0.05, 0.1) is 11.7 Å². The molecule has 0 N–H and O–H groups in total. The van der Waals surface area contributed by atoms with Crippen LogP contribution in [0.1, 0.15) is 31.2 Å². The minimum atomic E-state index is 0.285. The highest BCUT2D eigenvalue weighted by Crippen LogP contribution is 2.20. The van der Waals surface area contributed by atoms with Crippen LogP contribution in [0.5, 0.6) is 0 Å². The van der Waals surface area contributed by atoms with Crippen molar-refractivity contribution in [2.24, 2.45) is 0 Å². The molecule has 0 aliphatic heterocycles. The van der Waals surface area contributed by atoms with Crippen LogP contribution >= 0.6 is 11.7 Å². The summed E-state index contributed by atoms with van der Waals surface area (Å²) in [5.74, 6) is 1.96. The van der Waals surface area contributed by atoms with Crippen molar-refractivity contribution >= 4 is 22.8 Å². The zero-order chi connectivity index (χ0) is 16.5. The first-order valence-electron chi connectivity index (χ1n) is 7.76. The number of rotatable bonds is 4. The van der Waals surface area contributed by atoms with Gasteiger partial charge in [-0.05, 0) is 23.8 Å². The van der Waals surface area contributed by atoms with Crippen molar-refractivity contribution in [3.8, 4) is 11.5 Å². The van der Waals surface area contributed by atoms with E-state index >= 15 is 0 Å². The number of nitrogens with zero attached hydrogens (tertiary/aromatic N) is 6. The van der Waals surface area contributed by atoms with Crippen LogP contribution in [0, 0.1) is 0 Å². The number of hydrogen-bond acceptors (Lipinski definition) is 6. The Labute approximate surface area is 143 Å². The molecule has 0 fully saturated rings. The molecule has 1 aromatic carbocycles. The Kier molecular flexibility index (Phi) is 3.78. The first-order chi connectivity index (χ1) is 11.7. The van der Waals surface area contributed by atoms with Crippen molar-refractivity contribution < 1.29 is 0 Å². The molecular weight excluding hydrogens is 320 g/mol. The molecule has 0 unspecified atom stereocenters. The monoisotopic (exact) mass is 336 g/mol. The fraction of sp³-hybridized carbons (Fsp3) is 0.235. The number of hydrogen-bond donors (Lipinski definition) is 0. The van der Waals surface area contributed by atoms with Crippen LogP contribution in [0.3, 0.4) is 0 Å². The van der Waals surface area contributed by atoms with Crippen LogP contribution < -0.4 is 0 Å². The molecule has 0 bridgehead atoms. The molecule has 4 rings (SSSR count). The van der Waals surface area contributed by atoms with E-state index in [2.05, 4.69) is 54.2 Å². The van der Waals surface area contributed by atoms with E-state index < -0.39 is 0 Å². The van der Waals surface area contributed by atoms with Gasteiger partial charge in [0, 0.05) is 31.1 Å². The van der Waals surface area contributed by atoms with Crippen LogP contribution in [0.4, 0.5) is 0 Å². The second-order valence-corrected chi connectivity index (χ2v) is 6.45. The molecule has 6 nitrogen and oxygen atoms in total. The SMILES string of the molecule is CC(C)c1nccc(-c2nccn2Cc2ccc3nsnc3c2)n1. The molecule has 120 valence electrons. The summed E-state index contributed by atoms with van der Waals surface area (Å²) in [5, 5.41) is 0. The summed E-state index contributed by atoms with van der Waals surface area (Å²) in [6.07, 6.45) is 5.56. The van der Waals surface area contributed by atoms with Crippen LogP contribution in [0.2, 0.25) is 0 Å². The van der Waals surface area contributed by atoms with E-state index in [9.17, 15) is 0 Å². The minimum absolute atomic E-state index is 0.285. The van der Waals surface area contributed by atoms with E-state index in [0.29, 0.717) is 6.54 Å². The lowest BCUT2D eigenvalue weighted by atomic mass is 10.2. The van der Waals surface area contributed by atoms with Gasteiger partial charge in [-0.15, -0.1) is 0 Å². The molecule has 0 radical (unpaired) electrons. The van der Waals surface area contributed by atoms with Gasteiger partial charge in [0.25, 0.3) is 0 Å². The minimum Gasteiger partial charge on any atom is -0.325 e. The molecule has 3 heterocycles. The standard InChI is InChI=1S/C17H16N6S/c1-11(2)16-18-6-5-14(20-16)17-19-7-8-23(17)10-12-3-4-13-15(9-12)22-24-21-13/h3-9,11H,10H2,1-2H3. The lowest BCUT2D eigenvalue weighted by Crippen LogP contribution is -2.04. The molecular formula is C17H16N6S. The predicted molar refractivity (Wildman–Crippen MR) is 93.9 cm³/mol. The van der Waals surface area contributed by atoms with E-state index in [0.717, 1.165) is 33.9 Å². The number of benzene rings is 1. The van der Waals surface area contributed by atoms with E-state index in [1.54, 1.807) is 12.4 Å². The first-order valence-corrected chi connectivity index (χ1v) is 8.49. The summed E-state index contributed by atoms with van der Waals surface area (Å²) in [6.45, 7) is 4.88. The summed E-state index contributed by atoms with van der Waals surface area (Å²) in [7, 11) is 0. The van der Waals surface area contributed by atoms with Gasteiger partial charge in [-0.3, -0.25) is 0 Å². The molecule has 0 saturated heterocycles. The zero-order valence-electron chi connectivity index (χ0n) is 13.4. The highest BCUT2D eigenvalue weighted by Gasteiger charge is 2.11. The Hall–Kier alpha value is -2.67. The highest BCUT2D eigenvalue weighted by atomic mass is 32.1. The van der Waals surface area contributed by atoms with Crippen molar-refractivity contribution in [3.63, 3.8) is 0 Å². The number of imidazole rings is 1. The maximum atomic E-state index is 4.64. The molecule has 3 aromatic heterocycles. The third-order valence-corrected chi connectivity index (χ3v) is 4.36. The maximum absolute atomic E-state index is 4.64. The van der Waals surface area contributed by atoms with Crippen molar-refractivity contribution in [2.45, 2.75) is 26.3 Å². The lowest BCUT2D eigenvalue weighted by Gasteiger charge is -2.09. The average molecular weight is 336 g/mol. The first kappa shape index (κ1) is 14.9. The van der Waals surface area contributed by atoms with Gasteiger partial charge >= 0.3 is 0 Å². The Morgan fingerprint density at radius 1 is 1.04 bits per heavy atom. The second-order valence-electron chi connectivity index (χ2n) is 5.92. The molecule has 0 amide bonds. The largest absolute Gasteiger partial charge is 0.325 e. The van der Waals surface area contributed by atoms with E-state index in [1.165, 1.54) is 11.7 Å². The molecule has 24 heavy (non-hydrogen) atoms. The number of fused-ring (bicyclic) bond motifs is 1. The fourth-order valence-electron chi connectivity index (χ4n) is 2.57. The molecule has 0 atom stereocenters. The fourth-order valence-corrected chi connectivity index (χ4v) is 3.09. The summed E-state index contributed by atoms with van der Waals surface area (Å²) < 4.78 is 10.6. The number of aromatic nitrogens is 6. The summed E-state index contributed by atoms with van der Waals surface area (Å²) in [5.41, 5.74) is 3.87. The Morgan fingerprint density at radius 3 is 2.79 bits per heavy atom. The summed E-state index contributed by atoms with van der Waals surface area (Å²) in [6, 6.07) is 8.06. The molecule has 0 aliphatic carbocycles. The molecule has 0 saturated carbocycles. The van der Waals surface area contributed by atoms with Crippen LogP contribution in [0.15, 0.2) is 42.9 Å². The summed E-state index contributed by atoms with van der Waals surface area (Å²) in [4.78, 5) is 13.5. The maximum Gasteiger partial charge on any atom is 0.159 e. The van der Waals surface area contributed by atoms with E-state index in [-0.39, 0.29) is 5.92 Å². The predicted octanol–water partition coefficient (Wildman–Crippen LogP) is 3.52. The van der Waals surface area contributed by atoms with E-state index in [4.69, 9.17) is 0 Å². The smallest absolute Gasteiger partial charge is 0.159 e. The van der Waals surface area contributed by atoms with Crippen molar-refractivity contribution in [1.29, 1.82) is 0 Å². The van der Waals surface area contributed by atoms with Crippen molar-refractivity contribution in [3.05, 3.63) is 54.2 Å². The molecule has 0 aliphatic rings. The van der Waals surface area contributed by atoms with Crippen molar-refractivity contribution in [1.82, 2.24) is 28.3 Å². The lowest BCUT2D eigenvalue weighted by molar-refractivity contribution is 0.765. The Morgan fingerprint density at radius 2 is 1.92 bits per heavy atom. The Balaban J connectivity index is 1.68. The van der Waals surface area contributed by atoms with Gasteiger partial charge < -0.3 is 4.57 Å².